The summed E-state index contributed by atoms with van der Waals surface area (Å²) < 4.78 is 21.0. The van der Waals surface area contributed by atoms with Crippen molar-refractivity contribution in [1.29, 1.82) is 0 Å². The highest BCUT2D eigenvalue weighted by Gasteiger charge is 2.28. The molecule has 0 spiro atoms. The predicted octanol–water partition coefficient (Wildman–Crippen LogP) is 2.01. The molecule has 0 radical (unpaired) electrons. The van der Waals surface area contributed by atoms with E-state index in [4.69, 9.17) is 4.74 Å². The highest BCUT2D eigenvalue weighted by atomic mass is 19.1. The smallest absolute Gasteiger partial charge is 0.407 e. The summed E-state index contributed by atoms with van der Waals surface area (Å²) in [6, 6.07) is 1.35. The van der Waals surface area contributed by atoms with Gasteiger partial charge in [-0.2, -0.15) is 0 Å². The van der Waals surface area contributed by atoms with Gasteiger partial charge in [0.2, 0.25) is 0 Å². The van der Waals surface area contributed by atoms with Crippen molar-refractivity contribution < 1.29 is 18.7 Å². The molecule has 1 aromatic heterocycles. The molecular weight excluding hydrogens is 327 g/mol. The van der Waals surface area contributed by atoms with Crippen molar-refractivity contribution in [3.63, 3.8) is 0 Å². The number of rotatable bonds is 4. The van der Waals surface area contributed by atoms with Crippen LogP contribution in [0.4, 0.5) is 9.18 Å². The first-order valence-corrected chi connectivity index (χ1v) is 8.24. The zero-order valence-corrected chi connectivity index (χ0v) is 14.5. The Bertz CT molecular complexity index is 825. The third kappa shape index (κ3) is 3.62. The van der Waals surface area contributed by atoms with E-state index >= 15 is 0 Å². The molecule has 134 valence electrons. The van der Waals surface area contributed by atoms with Crippen LogP contribution in [0.1, 0.15) is 31.9 Å². The number of aromatic nitrogens is 3. The van der Waals surface area contributed by atoms with Crippen LogP contribution in [0.15, 0.2) is 6.07 Å². The predicted molar refractivity (Wildman–Crippen MR) is 88.7 cm³/mol. The number of fused-ring (bicyclic) bond motifs is 3. The molecular formula is C17H21FN4O3. The third-order valence-corrected chi connectivity index (χ3v) is 4.08. The maximum atomic E-state index is 14.2. The molecule has 0 fully saturated rings. The quantitative estimate of drug-likeness (QED) is 0.854. The fourth-order valence-electron chi connectivity index (χ4n) is 3.10. The van der Waals surface area contributed by atoms with Crippen molar-refractivity contribution in [2.75, 3.05) is 6.54 Å². The van der Waals surface area contributed by atoms with Crippen molar-refractivity contribution in [2.45, 2.75) is 45.8 Å². The molecule has 0 bridgehead atoms. The number of nitrogens with one attached hydrogen (secondary N) is 1. The van der Waals surface area contributed by atoms with Gasteiger partial charge in [0.15, 0.2) is 0 Å². The van der Waals surface area contributed by atoms with Gasteiger partial charge in [-0.05, 0) is 44.7 Å². The van der Waals surface area contributed by atoms with Crippen molar-refractivity contribution in [3.05, 3.63) is 23.0 Å². The maximum Gasteiger partial charge on any atom is 0.407 e. The number of alkyl carbamates (subject to hydrolysis) is 1. The lowest BCUT2D eigenvalue weighted by molar-refractivity contribution is -0.110. The number of nitrogens with zero attached hydrogens (tertiary/aromatic N) is 3. The topological polar surface area (TPSA) is 86.1 Å². The van der Waals surface area contributed by atoms with Gasteiger partial charge < -0.3 is 14.8 Å². The van der Waals surface area contributed by atoms with Crippen LogP contribution in [-0.4, -0.2) is 39.5 Å². The summed E-state index contributed by atoms with van der Waals surface area (Å²) in [5.74, 6) is -0.552. The third-order valence-electron chi connectivity index (χ3n) is 4.08. The number of benzene rings is 1. The van der Waals surface area contributed by atoms with E-state index in [1.54, 1.807) is 25.5 Å². The van der Waals surface area contributed by atoms with Gasteiger partial charge in [0, 0.05) is 18.5 Å². The largest absolute Gasteiger partial charge is 0.444 e. The van der Waals surface area contributed by atoms with Gasteiger partial charge in [-0.1, -0.05) is 5.21 Å². The van der Waals surface area contributed by atoms with Crippen LogP contribution in [-0.2, 0) is 28.9 Å². The Balaban J connectivity index is 1.77. The number of carbonyl (C=O) groups excluding carboxylic acids is 2. The Labute approximate surface area is 144 Å². The second-order valence-electron chi connectivity index (χ2n) is 7.23. The Morgan fingerprint density at radius 1 is 1.44 bits per heavy atom. The number of carbonyl (C=O) groups is 2. The Morgan fingerprint density at radius 3 is 2.84 bits per heavy atom. The van der Waals surface area contributed by atoms with Gasteiger partial charge in [0.05, 0.1) is 12.1 Å². The minimum atomic E-state index is -0.563. The van der Waals surface area contributed by atoms with Crippen molar-refractivity contribution in [1.82, 2.24) is 20.3 Å². The van der Waals surface area contributed by atoms with Crippen molar-refractivity contribution >= 4 is 23.4 Å². The van der Waals surface area contributed by atoms with Crippen LogP contribution in [0.2, 0.25) is 0 Å². The first-order chi connectivity index (χ1) is 11.8. The molecule has 1 heterocycles. The fourth-order valence-corrected chi connectivity index (χ4v) is 3.10. The van der Waals surface area contributed by atoms with Crippen LogP contribution in [0.5, 0.6) is 0 Å². The van der Waals surface area contributed by atoms with Crippen LogP contribution in [0.25, 0.3) is 11.0 Å². The van der Waals surface area contributed by atoms with Gasteiger partial charge in [0.25, 0.3) is 0 Å². The van der Waals surface area contributed by atoms with Gasteiger partial charge in [-0.25, -0.2) is 13.9 Å². The van der Waals surface area contributed by atoms with E-state index in [-0.39, 0.29) is 11.7 Å². The fraction of sp³-hybridized carbons (Fsp3) is 0.529. The molecule has 1 aliphatic rings. The van der Waals surface area contributed by atoms with E-state index in [0.717, 1.165) is 17.4 Å². The zero-order valence-electron chi connectivity index (χ0n) is 14.5. The molecule has 1 atom stereocenters. The average molecular weight is 348 g/mol. The summed E-state index contributed by atoms with van der Waals surface area (Å²) in [5, 5.41) is 10.7. The molecule has 25 heavy (non-hydrogen) atoms. The average Bonchev–Trinajstić information content (AvgIpc) is 3.09. The molecule has 1 amide bonds. The van der Waals surface area contributed by atoms with Crippen LogP contribution in [0.3, 0.4) is 0 Å². The first kappa shape index (κ1) is 17.3. The van der Waals surface area contributed by atoms with Gasteiger partial charge in [-0.15, -0.1) is 5.10 Å². The second kappa shape index (κ2) is 6.42. The Morgan fingerprint density at radius 2 is 2.16 bits per heavy atom. The molecule has 1 N–H and O–H groups in total. The van der Waals surface area contributed by atoms with E-state index in [1.165, 1.54) is 6.07 Å². The zero-order chi connectivity index (χ0) is 18.2. The molecule has 1 aromatic carbocycles. The summed E-state index contributed by atoms with van der Waals surface area (Å²) in [6.45, 7) is 6.05. The van der Waals surface area contributed by atoms with Crippen LogP contribution < -0.4 is 5.32 Å². The molecule has 0 aliphatic heterocycles. The summed E-state index contributed by atoms with van der Waals surface area (Å²) in [7, 11) is 0. The van der Waals surface area contributed by atoms with Gasteiger partial charge in [0.1, 0.15) is 23.2 Å². The molecule has 0 saturated carbocycles. The van der Waals surface area contributed by atoms with E-state index in [0.29, 0.717) is 37.0 Å². The molecule has 3 rings (SSSR count). The van der Waals surface area contributed by atoms with Crippen molar-refractivity contribution in [3.8, 4) is 0 Å². The molecule has 2 aromatic rings. The van der Waals surface area contributed by atoms with Gasteiger partial charge in [-0.3, -0.25) is 0 Å². The number of ether oxygens (including phenoxy) is 1. The maximum absolute atomic E-state index is 14.2. The first-order valence-electron chi connectivity index (χ1n) is 8.24. The minimum absolute atomic E-state index is 0.210. The number of aldehydes is 1. The number of hydrogen-bond donors (Lipinski definition) is 1. The van der Waals surface area contributed by atoms with E-state index in [1.807, 2.05) is 0 Å². The molecule has 1 aliphatic carbocycles. The SMILES string of the molecule is CC(C)(C)OC(=O)NCCn1nnc2cc(F)c3c(c21)CC(C=O)C3. The highest BCUT2D eigenvalue weighted by Crippen LogP contribution is 2.33. The molecule has 0 saturated heterocycles. The number of amides is 1. The lowest BCUT2D eigenvalue weighted by Crippen LogP contribution is -2.34. The Hall–Kier alpha value is -2.51. The minimum Gasteiger partial charge on any atom is -0.444 e. The molecule has 1 unspecified atom stereocenters. The van der Waals surface area contributed by atoms with E-state index < -0.39 is 11.7 Å². The highest BCUT2D eigenvalue weighted by molar-refractivity contribution is 5.81. The van der Waals surface area contributed by atoms with E-state index in [2.05, 4.69) is 15.6 Å². The molecule has 8 heteroatoms. The monoisotopic (exact) mass is 348 g/mol. The van der Waals surface area contributed by atoms with Gasteiger partial charge >= 0.3 is 6.09 Å². The standard InChI is InChI=1S/C17H21FN4O3/c1-17(2,3)25-16(24)19-4-5-22-15-12-7-10(9-23)6-11(12)13(18)8-14(15)20-21-22/h8-10H,4-7H2,1-3H3,(H,19,24). The number of hydrogen-bond acceptors (Lipinski definition) is 5. The number of halogens is 1. The summed E-state index contributed by atoms with van der Waals surface area (Å²) in [4.78, 5) is 22.8. The lowest BCUT2D eigenvalue weighted by Gasteiger charge is -2.19. The molecule has 7 nitrogen and oxygen atoms in total. The van der Waals surface area contributed by atoms with Crippen molar-refractivity contribution in [2.24, 2.45) is 5.92 Å². The normalized spacial score (nSPS) is 16.7. The van der Waals surface area contributed by atoms with Crippen LogP contribution >= 0.6 is 0 Å². The lowest BCUT2D eigenvalue weighted by atomic mass is 10.1. The summed E-state index contributed by atoms with van der Waals surface area (Å²) >= 11 is 0. The second-order valence-corrected chi connectivity index (χ2v) is 7.23. The Kier molecular flexibility index (Phi) is 4.45. The van der Waals surface area contributed by atoms with E-state index in [9.17, 15) is 14.0 Å². The summed E-state index contributed by atoms with van der Waals surface area (Å²) in [5.41, 5.74) is 1.97. The van der Waals surface area contributed by atoms with Crippen LogP contribution in [0, 0.1) is 11.7 Å². The summed E-state index contributed by atoms with van der Waals surface area (Å²) in [6.07, 6.45) is 1.25.